The molecule has 6 heteroatoms. The van der Waals surface area contributed by atoms with Crippen molar-refractivity contribution in [2.45, 2.75) is 6.61 Å². The molecule has 0 atom stereocenters. The fourth-order valence-electron chi connectivity index (χ4n) is 0.578. The molecule has 0 fully saturated rings. The Kier molecular flexibility index (Phi) is 3.22. The van der Waals surface area contributed by atoms with E-state index >= 15 is 0 Å². The summed E-state index contributed by atoms with van der Waals surface area (Å²) in [7, 11) is 0. The van der Waals surface area contributed by atoms with Crippen molar-refractivity contribution >= 4 is 27.5 Å². The largest absolute Gasteiger partial charge is 0.432 e. The molecule has 0 saturated heterocycles. The van der Waals surface area contributed by atoms with Gasteiger partial charge in [-0.2, -0.15) is 8.78 Å². The van der Waals surface area contributed by atoms with Gasteiger partial charge in [-0.3, -0.25) is 0 Å². The molecule has 0 bridgehead atoms. The standard InChI is InChI=1S/C6H3BrClF2NO/c7-3-1-5(8)11-2-4(3)12-6(9)10/h1-2,6H. The maximum atomic E-state index is 11.7. The number of pyridine rings is 1. The molecule has 0 aromatic carbocycles. The van der Waals surface area contributed by atoms with E-state index < -0.39 is 6.61 Å². The molecular weight excluding hydrogens is 255 g/mol. The predicted molar refractivity (Wildman–Crippen MR) is 43.6 cm³/mol. The fraction of sp³-hybridized carbons (Fsp3) is 0.167. The summed E-state index contributed by atoms with van der Waals surface area (Å²) in [5.41, 5.74) is 0. The fourth-order valence-corrected chi connectivity index (χ4v) is 1.28. The van der Waals surface area contributed by atoms with Gasteiger partial charge < -0.3 is 4.74 Å². The molecule has 0 aliphatic heterocycles. The minimum atomic E-state index is -2.86. The highest BCUT2D eigenvalue weighted by atomic mass is 79.9. The zero-order valence-corrected chi connectivity index (χ0v) is 7.94. The Balaban J connectivity index is 2.86. The van der Waals surface area contributed by atoms with Crippen molar-refractivity contribution in [3.63, 3.8) is 0 Å². The molecule has 1 heterocycles. The average molecular weight is 258 g/mol. The van der Waals surface area contributed by atoms with Crippen LogP contribution in [0, 0.1) is 0 Å². The predicted octanol–water partition coefficient (Wildman–Crippen LogP) is 3.10. The number of hydrogen-bond donors (Lipinski definition) is 0. The molecule has 0 saturated carbocycles. The van der Waals surface area contributed by atoms with Crippen LogP contribution in [0.1, 0.15) is 0 Å². The van der Waals surface area contributed by atoms with Crippen LogP contribution in [0.5, 0.6) is 5.75 Å². The lowest BCUT2D eigenvalue weighted by atomic mass is 10.5. The first-order chi connectivity index (χ1) is 5.59. The van der Waals surface area contributed by atoms with Crippen molar-refractivity contribution < 1.29 is 13.5 Å². The van der Waals surface area contributed by atoms with Gasteiger partial charge in [0.1, 0.15) is 5.15 Å². The summed E-state index contributed by atoms with van der Waals surface area (Å²) < 4.78 is 27.8. The Bertz CT molecular complexity index is 284. The van der Waals surface area contributed by atoms with Crippen LogP contribution in [-0.2, 0) is 0 Å². The first-order valence-corrected chi connectivity index (χ1v) is 4.02. The third-order valence-electron chi connectivity index (χ3n) is 1.00. The Labute approximate surface area is 80.6 Å². The topological polar surface area (TPSA) is 22.1 Å². The van der Waals surface area contributed by atoms with Crippen LogP contribution < -0.4 is 4.74 Å². The van der Waals surface area contributed by atoms with Gasteiger partial charge in [0.25, 0.3) is 0 Å². The molecule has 12 heavy (non-hydrogen) atoms. The van der Waals surface area contributed by atoms with Gasteiger partial charge in [0, 0.05) is 0 Å². The monoisotopic (exact) mass is 257 g/mol. The molecule has 0 unspecified atom stereocenters. The highest BCUT2D eigenvalue weighted by molar-refractivity contribution is 9.10. The van der Waals surface area contributed by atoms with Gasteiger partial charge in [-0.25, -0.2) is 4.98 Å². The van der Waals surface area contributed by atoms with Gasteiger partial charge in [-0.15, -0.1) is 0 Å². The molecule has 0 N–H and O–H groups in total. The van der Waals surface area contributed by atoms with Gasteiger partial charge in [0.05, 0.1) is 10.7 Å². The van der Waals surface area contributed by atoms with Crippen LogP contribution in [-0.4, -0.2) is 11.6 Å². The second-order valence-electron chi connectivity index (χ2n) is 1.82. The summed E-state index contributed by atoms with van der Waals surface area (Å²) >= 11 is 8.46. The molecule has 1 rings (SSSR count). The molecule has 0 spiro atoms. The summed E-state index contributed by atoms with van der Waals surface area (Å²) in [5, 5.41) is 0.212. The van der Waals surface area contributed by atoms with Crippen molar-refractivity contribution in [2.24, 2.45) is 0 Å². The molecule has 1 aromatic heterocycles. The highest BCUT2D eigenvalue weighted by Gasteiger charge is 2.08. The highest BCUT2D eigenvalue weighted by Crippen LogP contribution is 2.27. The molecule has 0 aliphatic rings. The maximum absolute atomic E-state index is 11.7. The summed E-state index contributed by atoms with van der Waals surface area (Å²) in [6.07, 6.45) is 1.12. The van der Waals surface area contributed by atoms with E-state index in [9.17, 15) is 8.78 Å². The molecule has 0 radical (unpaired) electrons. The number of aromatic nitrogens is 1. The first kappa shape index (κ1) is 9.67. The van der Waals surface area contributed by atoms with Gasteiger partial charge in [0.2, 0.25) is 0 Å². The Hall–Kier alpha value is -0.420. The summed E-state index contributed by atoms with van der Waals surface area (Å²) in [6, 6.07) is 1.37. The Morgan fingerprint density at radius 2 is 2.25 bits per heavy atom. The number of ether oxygens (including phenoxy) is 1. The lowest BCUT2D eigenvalue weighted by molar-refractivity contribution is -0.0505. The smallest absolute Gasteiger partial charge is 0.387 e. The number of alkyl halides is 2. The maximum Gasteiger partial charge on any atom is 0.387 e. The molecule has 1 aromatic rings. The van der Waals surface area contributed by atoms with E-state index in [0.29, 0.717) is 4.47 Å². The van der Waals surface area contributed by atoms with Crippen LogP contribution in [0.2, 0.25) is 5.15 Å². The lowest BCUT2D eigenvalue weighted by Crippen LogP contribution is -2.02. The van der Waals surface area contributed by atoms with E-state index in [2.05, 4.69) is 25.7 Å². The average Bonchev–Trinajstić information content (AvgIpc) is 1.94. The number of halogens is 4. The van der Waals surface area contributed by atoms with Gasteiger partial charge in [-0.1, -0.05) is 11.6 Å². The molecule has 66 valence electrons. The quantitative estimate of drug-likeness (QED) is 0.761. The second kappa shape index (κ2) is 4.00. The summed E-state index contributed by atoms with van der Waals surface area (Å²) in [6.45, 7) is -2.86. The number of hydrogen-bond acceptors (Lipinski definition) is 2. The van der Waals surface area contributed by atoms with E-state index in [4.69, 9.17) is 11.6 Å². The molecule has 0 amide bonds. The van der Waals surface area contributed by atoms with Crippen molar-refractivity contribution in [3.05, 3.63) is 21.9 Å². The van der Waals surface area contributed by atoms with E-state index in [1.165, 1.54) is 6.07 Å². The zero-order valence-electron chi connectivity index (χ0n) is 5.60. The van der Waals surface area contributed by atoms with E-state index in [0.717, 1.165) is 6.20 Å². The Morgan fingerprint density at radius 3 is 2.75 bits per heavy atom. The molecular formula is C6H3BrClF2NO. The van der Waals surface area contributed by atoms with Crippen LogP contribution in [0.3, 0.4) is 0 Å². The van der Waals surface area contributed by atoms with Crippen molar-refractivity contribution in [1.29, 1.82) is 0 Å². The number of nitrogens with zero attached hydrogens (tertiary/aromatic N) is 1. The normalized spacial score (nSPS) is 10.4. The lowest BCUT2D eigenvalue weighted by Gasteiger charge is -2.05. The Morgan fingerprint density at radius 1 is 1.58 bits per heavy atom. The van der Waals surface area contributed by atoms with Gasteiger partial charge >= 0.3 is 6.61 Å². The van der Waals surface area contributed by atoms with E-state index in [-0.39, 0.29) is 10.9 Å². The SMILES string of the molecule is FC(F)Oc1cnc(Cl)cc1Br. The van der Waals surface area contributed by atoms with Crippen LogP contribution >= 0.6 is 27.5 Å². The van der Waals surface area contributed by atoms with E-state index in [1.807, 2.05) is 0 Å². The number of rotatable bonds is 2. The molecule has 0 aliphatic carbocycles. The van der Waals surface area contributed by atoms with Crippen LogP contribution in [0.4, 0.5) is 8.78 Å². The van der Waals surface area contributed by atoms with Crippen molar-refractivity contribution in [3.8, 4) is 5.75 Å². The van der Waals surface area contributed by atoms with Gasteiger partial charge in [0.15, 0.2) is 5.75 Å². The van der Waals surface area contributed by atoms with E-state index in [1.54, 1.807) is 0 Å². The first-order valence-electron chi connectivity index (χ1n) is 2.85. The van der Waals surface area contributed by atoms with Crippen LogP contribution in [0.15, 0.2) is 16.7 Å². The molecule has 2 nitrogen and oxygen atoms in total. The third-order valence-corrected chi connectivity index (χ3v) is 1.83. The summed E-state index contributed by atoms with van der Waals surface area (Å²) in [4.78, 5) is 3.57. The van der Waals surface area contributed by atoms with Gasteiger partial charge in [-0.05, 0) is 22.0 Å². The van der Waals surface area contributed by atoms with Crippen molar-refractivity contribution in [2.75, 3.05) is 0 Å². The van der Waals surface area contributed by atoms with Crippen LogP contribution in [0.25, 0.3) is 0 Å². The zero-order chi connectivity index (χ0) is 9.14. The minimum Gasteiger partial charge on any atom is -0.432 e. The minimum absolute atomic E-state index is 0.0330. The summed E-state index contributed by atoms with van der Waals surface area (Å²) in [5.74, 6) is -0.0330. The second-order valence-corrected chi connectivity index (χ2v) is 3.06. The van der Waals surface area contributed by atoms with Crippen molar-refractivity contribution in [1.82, 2.24) is 4.98 Å². The third kappa shape index (κ3) is 2.57.